The quantitative estimate of drug-likeness (QED) is 0.743. The Hall–Kier alpha value is -2.31. The molecule has 2 heterocycles. The minimum atomic E-state index is -4.42. The number of hydrogen-bond acceptors (Lipinski definition) is 2. The average Bonchev–Trinajstić information content (AvgIpc) is 3.04. The van der Waals surface area contributed by atoms with Gasteiger partial charge in [-0.15, -0.1) is 0 Å². The maximum atomic E-state index is 12.6. The van der Waals surface area contributed by atoms with Crippen molar-refractivity contribution in [2.24, 2.45) is 0 Å². The fraction of sp³-hybridized carbons (Fsp3) is 0.286. The third-order valence-corrected chi connectivity index (χ3v) is 3.28. The molecule has 1 aromatic carbocycles. The minimum absolute atomic E-state index is 0.212. The molecule has 21 heavy (non-hydrogen) atoms. The van der Waals surface area contributed by atoms with Crippen molar-refractivity contribution in [2.45, 2.75) is 26.2 Å². The van der Waals surface area contributed by atoms with Crippen molar-refractivity contribution in [1.29, 1.82) is 0 Å². The Morgan fingerprint density at radius 2 is 1.86 bits per heavy atom. The maximum absolute atomic E-state index is 12.6. The number of rotatable bonds is 3. The Kier molecular flexibility index (Phi) is 3.19. The van der Waals surface area contributed by atoms with E-state index in [4.69, 9.17) is 0 Å². The first-order chi connectivity index (χ1) is 9.99. The van der Waals surface area contributed by atoms with E-state index in [2.05, 4.69) is 10.2 Å². The molecule has 3 rings (SSSR count). The van der Waals surface area contributed by atoms with Crippen molar-refractivity contribution in [2.75, 3.05) is 0 Å². The van der Waals surface area contributed by atoms with Crippen molar-refractivity contribution in [1.82, 2.24) is 19.6 Å². The average molecular weight is 294 g/mol. The van der Waals surface area contributed by atoms with E-state index < -0.39 is 11.9 Å². The number of aromatic nitrogens is 4. The van der Waals surface area contributed by atoms with Gasteiger partial charge in [-0.3, -0.25) is 9.36 Å². The van der Waals surface area contributed by atoms with Gasteiger partial charge in [-0.25, -0.2) is 0 Å². The minimum Gasteiger partial charge on any atom is -0.266 e. The highest BCUT2D eigenvalue weighted by atomic mass is 19.4. The first-order valence-corrected chi connectivity index (χ1v) is 6.54. The summed E-state index contributed by atoms with van der Waals surface area (Å²) in [6, 6.07) is 8.63. The summed E-state index contributed by atoms with van der Waals surface area (Å²) in [6.07, 6.45) is -3.10. The van der Waals surface area contributed by atoms with Gasteiger partial charge in [0, 0.05) is 18.1 Å². The van der Waals surface area contributed by atoms with Crippen LogP contribution in [0.2, 0.25) is 0 Å². The highest BCUT2D eigenvalue weighted by Crippen LogP contribution is 2.27. The molecule has 0 spiro atoms. The van der Waals surface area contributed by atoms with Crippen LogP contribution < -0.4 is 0 Å². The van der Waals surface area contributed by atoms with Gasteiger partial charge in [0.2, 0.25) is 0 Å². The first kappa shape index (κ1) is 13.7. The van der Waals surface area contributed by atoms with E-state index in [1.807, 2.05) is 35.9 Å². The largest absolute Gasteiger partial charge is 0.435 e. The van der Waals surface area contributed by atoms with Crippen molar-refractivity contribution in [3.63, 3.8) is 0 Å². The lowest BCUT2D eigenvalue weighted by molar-refractivity contribution is -0.141. The van der Waals surface area contributed by atoms with E-state index >= 15 is 0 Å². The molecule has 0 bridgehead atoms. The molecule has 0 aliphatic carbocycles. The second kappa shape index (κ2) is 4.91. The predicted molar refractivity (Wildman–Crippen MR) is 71.7 cm³/mol. The molecule has 3 aromatic rings. The monoisotopic (exact) mass is 294 g/mol. The number of nitrogens with zero attached hydrogens (tertiary/aromatic N) is 4. The lowest BCUT2D eigenvalue weighted by Gasteiger charge is -2.01. The van der Waals surface area contributed by atoms with Gasteiger partial charge in [-0.2, -0.15) is 23.4 Å². The van der Waals surface area contributed by atoms with Crippen LogP contribution in [0.4, 0.5) is 13.2 Å². The Bertz CT molecular complexity index is 770. The molecule has 0 radical (unpaired) electrons. The van der Waals surface area contributed by atoms with Gasteiger partial charge < -0.3 is 0 Å². The second-order valence-corrected chi connectivity index (χ2v) is 4.68. The topological polar surface area (TPSA) is 35.6 Å². The van der Waals surface area contributed by atoms with Gasteiger partial charge in [-0.1, -0.05) is 18.2 Å². The number of alkyl halides is 3. The predicted octanol–water partition coefficient (Wildman–Crippen LogP) is 3.32. The normalized spacial score (nSPS) is 12.2. The number of fused-ring (bicyclic) bond motifs is 1. The number of aryl methyl sites for hydroxylation is 1. The van der Waals surface area contributed by atoms with Gasteiger partial charge in [0.25, 0.3) is 0 Å². The zero-order chi connectivity index (χ0) is 15.0. The fourth-order valence-corrected chi connectivity index (χ4v) is 2.31. The van der Waals surface area contributed by atoms with Crippen LogP contribution in [0.25, 0.3) is 10.9 Å². The smallest absolute Gasteiger partial charge is 0.266 e. The lowest BCUT2D eigenvalue weighted by Crippen LogP contribution is -2.09. The highest BCUT2D eigenvalue weighted by molar-refractivity contribution is 5.81. The van der Waals surface area contributed by atoms with Crippen LogP contribution in [0, 0.1) is 0 Å². The molecule has 2 aromatic heterocycles. The molecule has 110 valence electrons. The van der Waals surface area contributed by atoms with Gasteiger partial charge >= 0.3 is 6.18 Å². The number of halogens is 3. The summed E-state index contributed by atoms with van der Waals surface area (Å²) in [5, 5.41) is 8.94. The van der Waals surface area contributed by atoms with Crippen molar-refractivity contribution >= 4 is 10.9 Å². The SMILES string of the molecule is CCn1nc(Cn2ccc(C(F)(F)F)n2)c2ccccc21. The number of para-hydroxylation sites is 1. The van der Waals surface area contributed by atoms with Crippen LogP contribution in [0.5, 0.6) is 0 Å². The summed E-state index contributed by atoms with van der Waals surface area (Å²) in [5.74, 6) is 0. The summed E-state index contributed by atoms with van der Waals surface area (Å²) in [4.78, 5) is 0. The molecule has 0 unspecified atom stereocenters. The molecule has 0 saturated carbocycles. The van der Waals surface area contributed by atoms with Crippen LogP contribution in [-0.2, 0) is 19.3 Å². The molecule has 0 fully saturated rings. The molecule has 0 saturated heterocycles. The molecule has 0 aliphatic rings. The molecule has 0 aliphatic heterocycles. The number of hydrogen-bond donors (Lipinski definition) is 0. The van der Waals surface area contributed by atoms with Crippen molar-refractivity contribution in [3.8, 4) is 0 Å². The molecule has 0 N–H and O–H groups in total. The standard InChI is InChI=1S/C14H13F3N4/c1-2-21-12-6-4-3-5-10(12)11(18-21)9-20-8-7-13(19-20)14(15,16)17/h3-8H,2,9H2,1H3. The van der Waals surface area contributed by atoms with Gasteiger partial charge in [0.1, 0.15) is 0 Å². The van der Waals surface area contributed by atoms with E-state index in [0.717, 1.165) is 17.0 Å². The third-order valence-electron chi connectivity index (χ3n) is 3.28. The maximum Gasteiger partial charge on any atom is 0.435 e. The first-order valence-electron chi connectivity index (χ1n) is 6.54. The van der Waals surface area contributed by atoms with Crippen LogP contribution in [0.1, 0.15) is 18.3 Å². The zero-order valence-electron chi connectivity index (χ0n) is 11.3. The number of benzene rings is 1. The van der Waals surface area contributed by atoms with Crippen LogP contribution >= 0.6 is 0 Å². The summed E-state index contributed by atoms with van der Waals surface area (Å²) in [6.45, 7) is 2.88. The fourth-order valence-electron chi connectivity index (χ4n) is 2.31. The van der Waals surface area contributed by atoms with E-state index in [-0.39, 0.29) is 6.54 Å². The van der Waals surface area contributed by atoms with Crippen LogP contribution in [-0.4, -0.2) is 19.6 Å². The van der Waals surface area contributed by atoms with E-state index in [0.29, 0.717) is 12.2 Å². The van der Waals surface area contributed by atoms with Crippen LogP contribution in [0.3, 0.4) is 0 Å². The molecule has 0 amide bonds. The molecule has 0 atom stereocenters. The highest BCUT2D eigenvalue weighted by Gasteiger charge is 2.33. The molecular formula is C14H13F3N4. The van der Waals surface area contributed by atoms with Gasteiger partial charge in [-0.05, 0) is 19.1 Å². The van der Waals surface area contributed by atoms with E-state index in [1.165, 1.54) is 10.9 Å². The van der Waals surface area contributed by atoms with E-state index in [9.17, 15) is 13.2 Å². The Morgan fingerprint density at radius 3 is 2.52 bits per heavy atom. The summed E-state index contributed by atoms with van der Waals surface area (Å²) in [7, 11) is 0. The van der Waals surface area contributed by atoms with Crippen molar-refractivity contribution < 1.29 is 13.2 Å². The third kappa shape index (κ3) is 2.51. The van der Waals surface area contributed by atoms with Gasteiger partial charge in [0.15, 0.2) is 5.69 Å². The summed E-state index contributed by atoms with van der Waals surface area (Å²) < 4.78 is 40.8. The van der Waals surface area contributed by atoms with Crippen LogP contribution in [0.15, 0.2) is 36.5 Å². The van der Waals surface area contributed by atoms with Crippen molar-refractivity contribution in [3.05, 3.63) is 47.9 Å². The Morgan fingerprint density at radius 1 is 1.10 bits per heavy atom. The molecular weight excluding hydrogens is 281 g/mol. The van der Waals surface area contributed by atoms with Gasteiger partial charge in [0.05, 0.1) is 17.8 Å². The zero-order valence-corrected chi connectivity index (χ0v) is 11.3. The Balaban J connectivity index is 1.97. The second-order valence-electron chi connectivity index (χ2n) is 4.68. The Labute approximate surface area is 118 Å². The summed E-state index contributed by atoms with van der Waals surface area (Å²) in [5.41, 5.74) is 0.796. The van der Waals surface area contributed by atoms with E-state index in [1.54, 1.807) is 0 Å². The lowest BCUT2D eigenvalue weighted by atomic mass is 10.2. The molecule has 4 nitrogen and oxygen atoms in total. The summed E-state index contributed by atoms with van der Waals surface area (Å²) >= 11 is 0. The molecule has 7 heteroatoms.